The van der Waals surface area contributed by atoms with Gasteiger partial charge in [-0.05, 0) is 38.1 Å². The van der Waals surface area contributed by atoms with E-state index in [1.165, 1.54) is 12.1 Å². The minimum absolute atomic E-state index is 0.146. The second-order valence-electron chi connectivity index (χ2n) is 8.36. The van der Waals surface area contributed by atoms with Gasteiger partial charge in [-0.15, -0.1) is 0 Å². The SMILES string of the molecule is C[C@@H](CO)NC(=O)c1cc(N2CCN(c3ccc(F)cc3)[C@@H](C)C2)nc(-c2cnn(C)c2)n1. The molecule has 174 valence electrons. The largest absolute Gasteiger partial charge is 0.394 e. The molecule has 2 atom stereocenters. The lowest BCUT2D eigenvalue weighted by Gasteiger charge is -2.41. The first kappa shape index (κ1) is 22.7. The number of halogens is 1. The zero-order chi connectivity index (χ0) is 23.5. The minimum Gasteiger partial charge on any atom is -0.394 e. The van der Waals surface area contributed by atoms with Gasteiger partial charge in [-0.1, -0.05) is 0 Å². The number of amides is 1. The zero-order valence-electron chi connectivity index (χ0n) is 18.9. The molecule has 1 aliphatic heterocycles. The molecule has 0 saturated carbocycles. The van der Waals surface area contributed by atoms with Gasteiger partial charge >= 0.3 is 0 Å². The molecule has 1 fully saturated rings. The number of aliphatic hydroxyl groups excluding tert-OH is 1. The van der Waals surface area contributed by atoms with E-state index < -0.39 is 6.04 Å². The molecule has 33 heavy (non-hydrogen) atoms. The molecule has 0 radical (unpaired) electrons. The van der Waals surface area contributed by atoms with Crippen LogP contribution in [-0.4, -0.2) is 69.1 Å². The number of piperazine rings is 1. The molecule has 1 aliphatic rings. The Balaban J connectivity index is 1.61. The summed E-state index contributed by atoms with van der Waals surface area (Å²) in [4.78, 5) is 26.3. The van der Waals surface area contributed by atoms with Gasteiger partial charge in [0.2, 0.25) is 0 Å². The zero-order valence-corrected chi connectivity index (χ0v) is 18.9. The Labute approximate surface area is 191 Å². The third kappa shape index (κ3) is 5.11. The lowest BCUT2D eigenvalue weighted by molar-refractivity contribution is 0.0917. The van der Waals surface area contributed by atoms with E-state index >= 15 is 0 Å². The van der Waals surface area contributed by atoms with Crippen LogP contribution in [0.25, 0.3) is 11.4 Å². The van der Waals surface area contributed by atoms with Gasteiger partial charge in [0.1, 0.15) is 17.3 Å². The summed E-state index contributed by atoms with van der Waals surface area (Å²) in [5, 5.41) is 16.2. The van der Waals surface area contributed by atoms with Crippen molar-refractivity contribution >= 4 is 17.4 Å². The summed E-state index contributed by atoms with van der Waals surface area (Å²) in [5.74, 6) is 0.436. The molecule has 3 heterocycles. The van der Waals surface area contributed by atoms with Crippen LogP contribution in [0.4, 0.5) is 15.9 Å². The van der Waals surface area contributed by atoms with Gasteiger partial charge in [0.25, 0.3) is 5.91 Å². The van der Waals surface area contributed by atoms with Crippen molar-refractivity contribution in [2.24, 2.45) is 7.05 Å². The molecule has 1 saturated heterocycles. The van der Waals surface area contributed by atoms with Gasteiger partial charge in [0, 0.05) is 56.7 Å². The van der Waals surface area contributed by atoms with E-state index in [0.717, 1.165) is 12.2 Å². The molecular weight excluding hydrogens is 425 g/mol. The summed E-state index contributed by atoms with van der Waals surface area (Å²) >= 11 is 0. The summed E-state index contributed by atoms with van der Waals surface area (Å²) in [5.41, 5.74) is 1.91. The molecule has 0 aliphatic carbocycles. The molecule has 0 unspecified atom stereocenters. The van der Waals surface area contributed by atoms with Gasteiger partial charge in [-0.25, -0.2) is 14.4 Å². The highest BCUT2D eigenvalue weighted by Gasteiger charge is 2.26. The normalized spacial score (nSPS) is 17.2. The van der Waals surface area contributed by atoms with Crippen LogP contribution in [0.3, 0.4) is 0 Å². The maximum absolute atomic E-state index is 13.3. The second kappa shape index (κ2) is 9.53. The van der Waals surface area contributed by atoms with Crippen LogP contribution in [0, 0.1) is 5.82 Å². The number of carbonyl (C=O) groups excluding carboxylic acids is 1. The fourth-order valence-electron chi connectivity index (χ4n) is 3.90. The Morgan fingerprint density at radius 1 is 1.27 bits per heavy atom. The van der Waals surface area contributed by atoms with Gasteiger partial charge in [0.05, 0.1) is 18.4 Å². The highest BCUT2D eigenvalue weighted by atomic mass is 19.1. The smallest absolute Gasteiger partial charge is 0.270 e. The molecule has 2 aromatic heterocycles. The van der Waals surface area contributed by atoms with Gasteiger partial charge in [-0.3, -0.25) is 9.48 Å². The topological polar surface area (TPSA) is 99.4 Å². The van der Waals surface area contributed by atoms with Crippen molar-refractivity contribution in [3.05, 3.63) is 54.2 Å². The quantitative estimate of drug-likeness (QED) is 0.588. The number of rotatable bonds is 6. The predicted molar refractivity (Wildman–Crippen MR) is 124 cm³/mol. The number of hydrogen-bond acceptors (Lipinski definition) is 7. The minimum atomic E-state index is -0.392. The summed E-state index contributed by atoms with van der Waals surface area (Å²) < 4.78 is 15.0. The molecule has 0 bridgehead atoms. The lowest BCUT2D eigenvalue weighted by Crippen LogP contribution is -2.52. The van der Waals surface area contributed by atoms with Crippen LogP contribution in [0.1, 0.15) is 24.3 Å². The second-order valence-corrected chi connectivity index (χ2v) is 8.36. The molecule has 4 rings (SSSR count). The van der Waals surface area contributed by atoms with Crippen molar-refractivity contribution < 1.29 is 14.3 Å². The van der Waals surface area contributed by atoms with Gasteiger partial charge in [0.15, 0.2) is 5.82 Å². The molecule has 9 nitrogen and oxygen atoms in total. The van der Waals surface area contributed by atoms with Crippen molar-refractivity contribution in [3.8, 4) is 11.4 Å². The molecule has 0 spiro atoms. The first-order chi connectivity index (χ1) is 15.8. The number of nitrogens with zero attached hydrogens (tertiary/aromatic N) is 6. The number of nitrogens with one attached hydrogen (secondary N) is 1. The number of aliphatic hydroxyl groups is 1. The van der Waals surface area contributed by atoms with E-state index in [4.69, 9.17) is 4.98 Å². The molecule has 1 amide bonds. The molecule has 1 aromatic carbocycles. The first-order valence-electron chi connectivity index (χ1n) is 10.9. The van der Waals surface area contributed by atoms with Crippen molar-refractivity contribution in [3.63, 3.8) is 0 Å². The van der Waals surface area contributed by atoms with Crippen LogP contribution in [-0.2, 0) is 7.05 Å². The van der Waals surface area contributed by atoms with Crippen LogP contribution in [0.15, 0.2) is 42.7 Å². The average molecular weight is 454 g/mol. The number of hydrogen-bond donors (Lipinski definition) is 2. The fourth-order valence-corrected chi connectivity index (χ4v) is 3.90. The molecule has 3 aromatic rings. The van der Waals surface area contributed by atoms with Gasteiger partial charge in [-0.2, -0.15) is 5.10 Å². The Morgan fingerprint density at radius 2 is 2.03 bits per heavy atom. The number of carbonyl (C=O) groups is 1. The van der Waals surface area contributed by atoms with E-state index in [1.807, 2.05) is 0 Å². The summed E-state index contributed by atoms with van der Waals surface area (Å²) in [7, 11) is 1.81. The van der Waals surface area contributed by atoms with Gasteiger partial charge < -0.3 is 20.2 Å². The molecule has 2 N–H and O–H groups in total. The summed E-state index contributed by atoms with van der Waals surface area (Å²) in [6.07, 6.45) is 3.46. The average Bonchev–Trinajstić information content (AvgIpc) is 3.25. The van der Waals surface area contributed by atoms with E-state index in [1.54, 1.807) is 49.2 Å². The van der Waals surface area contributed by atoms with E-state index in [2.05, 4.69) is 32.1 Å². The van der Waals surface area contributed by atoms with Crippen LogP contribution in [0.2, 0.25) is 0 Å². The standard InChI is InChI=1S/C23H28FN7O2/c1-15(14-32)26-23(33)20-10-21(28-22(27-20)17-11-25-29(3)13-17)30-8-9-31(16(2)12-30)19-6-4-18(24)5-7-19/h4-7,10-11,13,15-16,32H,8-9,12,14H2,1-3H3,(H,26,33)/t15-,16-/m0/s1. The van der Waals surface area contributed by atoms with Crippen LogP contribution < -0.4 is 15.1 Å². The number of aromatic nitrogens is 4. The number of aryl methyl sites for hydroxylation is 1. The third-order valence-electron chi connectivity index (χ3n) is 5.67. The van der Waals surface area contributed by atoms with Crippen LogP contribution in [0.5, 0.6) is 0 Å². The molecule has 10 heteroatoms. The third-order valence-corrected chi connectivity index (χ3v) is 5.67. The van der Waals surface area contributed by atoms with Crippen molar-refractivity contribution in [1.82, 2.24) is 25.1 Å². The monoisotopic (exact) mass is 453 g/mol. The van der Waals surface area contributed by atoms with Crippen molar-refractivity contribution in [2.75, 3.05) is 36.0 Å². The van der Waals surface area contributed by atoms with Crippen molar-refractivity contribution in [2.45, 2.75) is 25.9 Å². The van der Waals surface area contributed by atoms with E-state index in [0.29, 0.717) is 30.3 Å². The maximum Gasteiger partial charge on any atom is 0.270 e. The lowest BCUT2D eigenvalue weighted by atomic mass is 10.1. The fraction of sp³-hybridized carbons (Fsp3) is 0.391. The summed E-state index contributed by atoms with van der Waals surface area (Å²) in [6, 6.07) is 7.95. The number of anilines is 2. The Hall–Kier alpha value is -3.53. The van der Waals surface area contributed by atoms with Crippen molar-refractivity contribution in [1.29, 1.82) is 0 Å². The highest BCUT2D eigenvalue weighted by Crippen LogP contribution is 2.25. The number of benzene rings is 1. The van der Waals surface area contributed by atoms with E-state index in [9.17, 15) is 14.3 Å². The summed E-state index contributed by atoms with van der Waals surface area (Å²) in [6.45, 7) is 5.74. The predicted octanol–water partition coefficient (Wildman–Crippen LogP) is 1.84. The maximum atomic E-state index is 13.3. The van der Waals surface area contributed by atoms with E-state index in [-0.39, 0.29) is 30.1 Å². The van der Waals surface area contributed by atoms with Crippen LogP contribution >= 0.6 is 0 Å². The Kier molecular flexibility index (Phi) is 6.55. The Morgan fingerprint density at radius 3 is 2.67 bits per heavy atom. The Bertz CT molecular complexity index is 1120. The first-order valence-corrected chi connectivity index (χ1v) is 10.9. The highest BCUT2D eigenvalue weighted by molar-refractivity contribution is 5.93. The molecular formula is C23H28FN7O2.